The quantitative estimate of drug-likeness (QED) is 0.259. The Labute approximate surface area is 180 Å². The minimum atomic E-state index is -0.300. The van der Waals surface area contributed by atoms with Crippen molar-refractivity contribution < 1.29 is 9.53 Å². The summed E-state index contributed by atoms with van der Waals surface area (Å²) >= 11 is 0. The van der Waals surface area contributed by atoms with Gasteiger partial charge in [0.2, 0.25) is 0 Å². The van der Waals surface area contributed by atoms with Crippen molar-refractivity contribution in [2.24, 2.45) is 5.10 Å². The Morgan fingerprint density at radius 2 is 1.81 bits per heavy atom. The van der Waals surface area contributed by atoms with Crippen LogP contribution in [0, 0.1) is 0 Å². The third-order valence-electron chi connectivity index (χ3n) is 4.64. The van der Waals surface area contributed by atoms with Crippen molar-refractivity contribution in [1.82, 2.24) is 10.4 Å². The molecule has 152 valence electrons. The zero-order valence-corrected chi connectivity index (χ0v) is 16.9. The van der Waals surface area contributed by atoms with Crippen LogP contribution in [0.15, 0.2) is 103 Å². The predicted octanol–water partition coefficient (Wildman–Crippen LogP) is 5.23. The first kappa shape index (κ1) is 20.0. The summed E-state index contributed by atoms with van der Waals surface area (Å²) in [6.45, 7) is 4.07. The monoisotopic (exact) mass is 407 g/mol. The standard InChI is InChI=1S/C26H21N3O2/c1-2-15-31-21-12-8-9-19(16-21)18-27-29-26(30)23-17-25(20-10-4-3-5-11-20)28-24-14-7-6-13-22(23)24/h2-14,16-18H,1,15H2,(H,29,30)/b27-18-. The number of carbonyl (C=O) groups is 1. The Morgan fingerprint density at radius 3 is 2.65 bits per heavy atom. The molecule has 0 aliphatic carbocycles. The van der Waals surface area contributed by atoms with E-state index in [-0.39, 0.29) is 5.91 Å². The number of rotatable bonds is 7. The van der Waals surface area contributed by atoms with Crippen LogP contribution in [0.2, 0.25) is 0 Å². The summed E-state index contributed by atoms with van der Waals surface area (Å²) in [5.74, 6) is 0.411. The van der Waals surface area contributed by atoms with Gasteiger partial charge in [0, 0.05) is 10.9 Å². The molecular weight excluding hydrogens is 386 g/mol. The summed E-state index contributed by atoms with van der Waals surface area (Å²) < 4.78 is 5.52. The summed E-state index contributed by atoms with van der Waals surface area (Å²) in [7, 11) is 0. The summed E-state index contributed by atoms with van der Waals surface area (Å²) in [6, 6.07) is 26.6. The van der Waals surface area contributed by atoms with E-state index in [1.54, 1.807) is 18.4 Å². The lowest BCUT2D eigenvalue weighted by molar-refractivity contribution is 0.0956. The number of hydrogen-bond donors (Lipinski definition) is 1. The zero-order valence-electron chi connectivity index (χ0n) is 16.9. The van der Waals surface area contributed by atoms with Crippen molar-refractivity contribution in [2.75, 3.05) is 6.61 Å². The van der Waals surface area contributed by atoms with Crippen molar-refractivity contribution in [2.45, 2.75) is 0 Å². The molecule has 4 rings (SSSR count). The molecular formula is C26H21N3O2. The van der Waals surface area contributed by atoms with Crippen LogP contribution in [0.25, 0.3) is 22.2 Å². The van der Waals surface area contributed by atoms with Crippen LogP contribution in [0.3, 0.4) is 0 Å². The van der Waals surface area contributed by atoms with E-state index in [2.05, 4.69) is 17.1 Å². The van der Waals surface area contributed by atoms with Crippen molar-refractivity contribution >= 4 is 23.0 Å². The molecule has 3 aromatic carbocycles. The van der Waals surface area contributed by atoms with Gasteiger partial charge in [-0.25, -0.2) is 10.4 Å². The van der Waals surface area contributed by atoms with Gasteiger partial charge in [0.05, 0.1) is 23.0 Å². The molecule has 5 nitrogen and oxygen atoms in total. The van der Waals surface area contributed by atoms with Crippen molar-refractivity contribution in [3.8, 4) is 17.0 Å². The largest absolute Gasteiger partial charge is 0.490 e. The van der Waals surface area contributed by atoms with Crippen molar-refractivity contribution in [1.29, 1.82) is 0 Å². The molecule has 31 heavy (non-hydrogen) atoms. The predicted molar refractivity (Wildman–Crippen MR) is 124 cm³/mol. The number of para-hydroxylation sites is 1. The number of ether oxygens (including phenoxy) is 1. The molecule has 0 spiro atoms. The lowest BCUT2D eigenvalue weighted by Crippen LogP contribution is -2.18. The Balaban J connectivity index is 1.59. The zero-order chi connectivity index (χ0) is 21.5. The topological polar surface area (TPSA) is 63.6 Å². The first-order valence-corrected chi connectivity index (χ1v) is 9.87. The minimum absolute atomic E-state index is 0.300. The normalized spacial score (nSPS) is 10.8. The van der Waals surface area contributed by atoms with E-state index in [4.69, 9.17) is 9.72 Å². The smallest absolute Gasteiger partial charge is 0.272 e. The number of pyridine rings is 1. The maximum absolute atomic E-state index is 13.0. The maximum atomic E-state index is 13.0. The molecule has 1 N–H and O–H groups in total. The Kier molecular flexibility index (Phi) is 6.14. The van der Waals surface area contributed by atoms with Gasteiger partial charge in [-0.15, -0.1) is 0 Å². The van der Waals surface area contributed by atoms with Crippen molar-refractivity contribution in [3.05, 3.63) is 109 Å². The molecule has 1 heterocycles. The van der Waals surface area contributed by atoms with Gasteiger partial charge >= 0.3 is 0 Å². The third-order valence-corrected chi connectivity index (χ3v) is 4.64. The molecule has 0 bridgehead atoms. The van der Waals surface area contributed by atoms with E-state index >= 15 is 0 Å². The van der Waals surface area contributed by atoms with E-state index < -0.39 is 0 Å². The second kappa shape index (κ2) is 9.50. The first-order chi connectivity index (χ1) is 15.2. The van der Waals surface area contributed by atoms with E-state index in [0.717, 1.165) is 27.7 Å². The molecule has 0 fully saturated rings. The number of fused-ring (bicyclic) bond motifs is 1. The fourth-order valence-electron chi connectivity index (χ4n) is 3.19. The first-order valence-electron chi connectivity index (χ1n) is 9.87. The lowest BCUT2D eigenvalue weighted by atomic mass is 10.0. The molecule has 0 atom stereocenters. The average molecular weight is 407 g/mol. The SMILES string of the molecule is C=CCOc1cccc(/C=N\NC(=O)c2cc(-c3ccccc3)nc3ccccc23)c1. The van der Waals surface area contributed by atoms with Gasteiger partial charge in [0.15, 0.2) is 0 Å². The number of aromatic nitrogens is 1. The third kappa shape index (κ3) is 4.85. The maximum Gasteiger partial charge on any atom is 0.272 e. The molecule has 0 radical (unpaired) electrons. The van der Waals surface area contributed by atoms with Gasteiger partial charge in [-0.05, 0) is 29.8 Å². The van der Waals surface area contributed by atoms with Gasteiger partial charge in [-0.2, -0.15) is 5.10 Å². The van der Waals surface area contributed by atoms with E-state index in [1.165, 1.54) is 0 Å². The van der Waals surface area contributed by atoms with Gasteiger partial charge in [-0.3, -0.25) is 4.79 Å². The van der Waals surface area contributed by atoms with Crippen molar-refractivity contribution in [3.63, 3.8) is 0 Å². The number of nitrogens with zero attached hydrogens (tertiary/aromatic N) is 2. The van der Waals surface area contributed by atoms with Gasteiger partial charge < -0.3 is 4.74 Å². The molecule has 1 amide bonds. The fraction of sp³-hybridized carbons (Fsp3) is 0.0385. The van der Waals surface area contributed by atoms with Gasteiger partial charge in [-0.1, -0.05) is 73.3 Å². The summed E-state index contributed by atoms with van der Waals surface area (Å²) in [5.41, 5.74) is 6.39. The van der Waals surface area contributed by atoms with Crippen LogP contribution < -0.4 is 10.2 Å². The molecule has 0 aliphatic rings. The van der Waals surface area contributed by atoms with E-state index in [0.29, 0.717) is 17.9 Å². The number of carbonyl (C=O) groups excluding carboxylic acids is 1. The molecule has 0 unspecified atom stereocenters. The number of nitrogens with one attached hydrogen (secondary N) is 1. The minimum Gasteiger partial charge on any atom is -0.490 e. The fourth-order valence-corrected chi connectivity index (χ4v) is 3.19. The Hall–Kier alpha value is -4.25. The Morgan fingerprint density at radius 1 is 1.00 bits per heavy atom. The molecule has 0 saturated carbocycles. The number of hydrazone groups is 1. The second-order valence-corrected chi connectivity index (χ2v) is 6.81. The van der Waals surface area contributed by atoms with Crippen LogP contribution >= 0.6 is 0 Å². The number of amides is 1. The highest BCUT2D eigenvalue weighted by molar-refractivity contribution is 6.07. The molecule has 0 saturated heterocycles. The van der Waals surface area contributed by atoms with Crippen LogP contribution in [0.1, 0.15) is 15.9 Å². The van der Waals surface area contributed by atoms with Gasteiger partial charge in [0.1, 0.15) is 12.4 Å². The highest BCUT2D eigenvalue weighted by Gasteiger charge is 2.13. The number of hydrogen-bond acceptors (Lipinski definition) is 4. The summed E-state index contributed by atoms with van der Waals surface area (Å²) in [5, 5.41) is 4.90. The second-order valence-electron chi connectivity index (χ2n) is 6.81. The number of benzene rings is 3. The van der Waals surface area contributed by atoms with Crippen LogP contribution in [-0.2, 0) is 0 Å². The molecule has 1 aromatic heterocycles. The molecule has 5 heteroatoms. The van der Waals surface area contributed by atoms with Crippen LogP contribution in [0.4, 0.5) is 0 Å². The van der Waals surface area contributed by atoms with E-state index in [9.17, 15) is 4.79 Å². The van der Waals surface area contributed by atoms with Crippen LogP contribution in [0.5, 0.6) is 5.75 Å². The molecule has 0 aliphatic heterocycles. The average Bonchev–Trinajstić information content (AvgIpc) is 2.83. The van der Waals surface area contributed by atoms with E-state index in [1.807, 2.05) is 78.9 Å². The Bertz CT molecular complexity index is 1250. The lowest BCUT2D eigenvalue weighted by Gasteiger charge is -2.09. The van der Waals surface area contributed by atoms with Crippen LogP contribution in [-0.4, -0.2) is 23.7 Å². The summed E-state index contributed by atoms with van der Waals surface area (Å²) in [6.07, 6.45) is 3.27. The summed E-state index contributed by atoms with van der Waals surface area (Å²) in [4.78, 5) is 17.7. The highest BCUT2D eigenvalue weighted by Crippen LogP contribution is 2.24. The van der Waals surface area contributed by atoms with Gasteiger partial charge in [0.25, 0.3) is 5.91 Å². The molecule has 4 aromatic rings. The highest BCUT2D eigenvalue weighted by atomic mass is 16.5.